The molecule has 2 heterocycles. The molecule has 0 aromatic carbocycles. The number of rotatable bonds is 4. The van der Waals surface area contributed by atoms with Gasteiger partial charge in [-0.25, -0.2) is 0 Å². The van der Waals surface area contributed by atoms with Gasteiger partial charge in [0.2, 0.25) is 5.91 Å². The molecule has 0 bridgehead atoms. The van der Waals surface area contributed by atoms with Crippen molar-refractivity contribution in [2.45, 2.75) is 20.4 Å². The zero-order valence-electron chi connectivity index (χ0n) is 12.4. The van der Waals surface area contributed by atoms with E-state index < -0.39 is 16.4 Å². The van der Waals surface area contributed by atoms with Gasteiger partial charge in [-0.3, -0.25) is 29.0 Å². The van der Waals surface area contributed by atoms with Crippen molar-refractivity contribution in [1.82, 2.24) is 14.3 Å². The van der Waals surface area contributed by atoms with Crippen LogP contribution in [0.4, 0.5) is 11.4 Å². The average Bonchev–Trinajstić information content (AvgIpc) is 2.67. The number of hydrogen-bond donors (Lipinski definition) is 1. The minimum Gasteiger partial charge on any atom is -0.321 e. The molecule has 1 amide bonds. The number of hydrogen-bond acceptors (Lipinski definition) is 5. The highest BCUT2D eigenvalue weighted by Crippen LogP contribution is 2.18. The summed E-state index contributed by atoms with van der Waals surface area (Å²) in [6, 6.07) is 2.16. The number of nitrogens with one attached hydrogen (secondary N) is 1. The molecule has 9 nitrogen and oxygen atoms in total. The lowest BCUT2D eigenvalue weighted by Crippen LogP contribution is -2.27. The molecule has 0 saturated heterocycles. The highest BCUT2D eigenvalue weighted by molar-refractivity contribution is 5.91. The van der Waals surface area contributed by atoms with Crippen molar-refractivity contribution in [3.63, 3.8) is 0 Å². The van der Waals surface area contributed by atoms with Gasteiger partial charge in [0, 0.05) is 19.2 Å². The fourth-order valence-corrected chi connectivity index (χ4v) is 2.04. The van der Waals surface area contributed by atoms with Crippen LogP contribution < -0.4 is 10.9 Å². The molecule has 116 valence electrons. The Morgan fingerprint density at radius 2 is 2.09 bits per heavy atom. The summed E-state index contributed by atoms with van der Waals surface area (Å²) in [5.74, 6) is -0.457. The number of pyridine rings is 1. The van der Waals surface area contributed by atoms with Crippen molar-refractivity contribution in [3.05, 3.63) is 50.2 Å². The molecule has 0 saturated carbocycles. The minimum absolute atomic E-state index is 0.249. The number of anilines is 1. The van der Waals surface area contributed by atoms with E-state index in [9.17, 15) is 19.7 Å². The van der Waals surface area contributed by atoms with Gasteiger partial charge in [0.05, 0.1) is 28.2 Å². The lowest BCUT2D eigenvalue weighted by atomic mass is 10.3. The fourth-order valence-electron chi connectivity index (χ4n) is 2.04. The number of carbonyl (C=O) groups excluding carboxylic acids is 1. The second-order valence-corrected chi connectivity index (χ2v) is 4.83. The molecule has 0 aliphatic heterocycles. The first-order valence-corrected chi connectivity index (χ1v) is 6.44. The van der Waals surface area contributed by atoms with E-state index in [0.29, 0.717) is 11.4 Å². The van der Waals surface area contributed by atoms with Gasteiger partial charge >= 0.3 is 0 Å². The molecule has 2 aromatic rings. The maximum Gasteiger partial charge on any atom is 0.285 e. The molecule has 1 N–H and O–H groups in total. The number of carbonyl (C=O) groups is 1. The molecule has 0 aliphatic carbocycles. The third-order valence-electron chi connectivity index (χ3n) is 3.27. The molecular formula is C13H15N5O4. The van der Waals surface area contributed by atoms with Crippen LogP contribution in [0.25, 0.3) is 0 Å². The third kappa shape index (κ3) is 3.03. The van der Waals surface area contributed by atoms with Crippen LogP contribution in [0.3, 0.4) is 0 Å². The van der Waals surface area contributed by atoms with Gasteiger partial charge in [-0.05, 0) is 13.8 Å². The lowest BCUT2D eigenvalue weighted by Gasteiger charge is -2.07. The molecule has 0 radical (unpaired) electrons. The third-order valence-corrected chi connectivity index (χ3v) is 3.27. The monoisotopic (exact) mass is 305 g/mol. The first-order valence-electron chi connectivity index (χ1n) is 6.44. The maximum absolute atomic E-state index is 12.1. The summed E-state index contributed by atoms with van der Waals surface area (Å²) in [4.78, 5) is 33.8. The molecule has 2 aromatic heterocycles. The molecule has 0 spiro atoms. The van der Waals surface area contributed by atoms with E-state index in [0.717, 1.165) is 28.6 Å². The van der Waals surface area contributed by atoms with Gasteiger partial charge in [0.1, 0.15) is 6.54 Å². The van der Waals surface area contributed by atoms with E-state index in [-0.39, 0.29) is 12.2 Å². The Bertz CT molecular complexity index is 805. The fraction of sp³-hybridized carbons (Fsp3) is 0.308. The average molecular weight is 305 g/mol. The summed E-state index contributed by atoms with van der Waals surface area (Å²) in [6.45, 7) is 3.24. The molecule has 9 heteroatoms. The quantitative estimate of drug-likeness (QED) is 0.661. The Morgan fingerprint density at radius 3 is 2.64 bits per heavy atom. The Labute approximate surface area is 125 Å². The van der Waals surface area contributed by atoms with E-state index in [1.165, 1.54) is 0 Å². The maximum atomic E-state index is 12.1. The molecule has 22 heavy (non-hydrogen) atoms. The van der Waals surface area contributed by atoms with Crippen molar-refractivity contribution >= 4 is 17.3 Å². The van der Waals surface area contributed by atoms with Crippen LogP contribution in [-0.4, -0.2) is 25.2 Å². The molecule has 0 fully saturated rings. The summed E-state index contributed by atoms with van der Waals surface area (Å²) in [7, 11) is 1.75. The second kappa shape index (κ2) is 5.80. The summed E-state index contributed by atoms with van der Waals surface area (Å²) < 4.78 is 2.62. The highest BCUT2D eigenvalue weighted by Gasteiger charge is 2.14. The molecule has 0 aliphatic rings. The smallest absolute Gasteiger partial charge is 0.285 e. The molecular weight excluding hydrogens is 290 g/mol. The van der Waals surface area contributed by atoms with E-state index in [4.69, 9.17) is 0 Å². The number of nitro groups is 1. The van der Waals surface area contributed by atoms with Crippen LogP contribution in [0, 0.1) is 24.0 Å². The number of amides is 1. The number of aromatic nitrogens is 3. The summed E-state index contributed by atoms with van der Waals surface area (Å²) in [6.07, 6.45) is 1.05. The Balaban J connectivity index is 2.21. The van der Waals surface area contributed by atoms with Crippen molar-refractivity contribution in [3.8, 4) is 0 Å². The van der Waals surface area contributed by atoms with Crippen LogP contribution in [0.5, 0.6) is 0 Å². The first-order chi connectivity index (χ1) is 10.3. The van der Waals surface area contributed by atoms with Crippen LogP contribution in [0.1, 0.15) is 11.4 Å². The molecule has 2 rings (SSSR count). The van der Waals surface area contributed by atoms with Gasteiger partial charge < -0.3 is 5.32 Å². The van der Waals surface area contributed by atoms with Crippen molar-refractivity contribution in [1.29, 1.82) is 0 Å². The van der Waals surface area contributed by atoms with Gasteiger partial charge in [0.15, 0.2) is 0 Å². The largest absolute Gasteiger partial charge is 0.321 e. The van der Waals surface area contributed by atoms with Crippen molar-refractivity contribution < 1.29 is 9.72 Å². The summed E-state index contributed by atoms with van der Waals surface area (Å²) in [5, 5.41) is 17.6. The van der Waals surface area contributed by atoms with E-state index in [2.05, 4.69) is 10.4 Å². The van der Waals surface area contributed by atoms with E-state index in [1.807, 2.05) is 0 Å². The van der Waals surface area contributed by atoms with Gasteiger partial charge in [-0.1, -0.05) is 0 Å². The van der Waals surface area contributed by atoms with Crippen molar-refractivity contribution in [2.75, 3.05) is 5.32 Å². The Kier molecular flexibility index (Phi) is 4.06. The summed E-state index contributed by atoms with van der Waals surface area (Å²) >= 11 is 0. The number of aryl methyl sites for hydroxylation is 2. The Hall–Kier alpha value is -2.97. The van der Waals surface area contributed by atoms with Crippen LogP contribution in [-0.2, 0) is 18.4 Å². The van der Waals surface area contributed by atoms with Gasteiger partial charge in [0.25, 0.3) is 11.2 Å². The van der Waals surface area contributed by atoms with Crippen LogP contribution in [0.2, 0.25) is 0 Å². The summed E-state index contributed by atoms with van der Waals surface area (Å²) in [5.41, 5.74) is 1.27. The zero-order chi connectivity index (χ0) is 16.4. The Morgan fingerprint density at radius 1 is 1.41 bits per heavy atom. The molecule has 0 unspecified atom stereocenters. The first kappa shape index (κ1) is 15.4. The predicted molar refractivity (Wildman–Crippen MR) is 78.7 cm³/mol. The molecule has 0 atom stereocenters. The number of nitrogens with zero attached hydrogens (tertiary/aromatic N) is 4. The van der Waals surface area contributed by atoms with E-state index >= 15 is 0 Å². The van der Waals surface area contributed by atoms with Crippen LogP contribution >= 0.6 is 0 Å². The lowest BCUT2D eigenvalue weighted by molar-refractivity contribution is -0.385. The zero-order valence-corrected chi connectivity index (χ0v) is 12.4. The SMILES string of the molecule is Cc1nn(C)c(C)c1NC(=O)Cn1cc([N+](=O)[O-])ccc1=O. The van der Waals surface area contributed by atoms with Gasteiger partial charge in [-0.2, -0.15) is 5.10 Å². The van der Waals surface area contributed by atoms with E-state index in [1.54, 1.807) is 25.6 Å². The second-order valence-electron chi connectivity index (χ2n) is 4.83. The predicted octanol–water partition coefficient (Wildman–Crippen LogP) is 0.746. The van der Waals surface area contributed by atoms with Gasteiger partial charge in [-0.15, -0.1) is 0 Å². The topological polar surface area (TPSA) is 112 Å². The normalized spacial score (nSPS) is 10.5. The minimum atomic E-state index is -0.622. The highest BCUT2D eigenvalue weighted by atomic mass is 16.6. The van der Waals surface area contributed by atoms with Crippen molar-refractivity contribution in [2.24, 2.45) is 7.05 Å². The standard InChI is InChI=1S/C13H15N5O4/c1-8-13(9(2)16(3)15-8)14-11(19)7-17-6-10(18(21)22)4-5-12(17)20/h4-6H,7H2,1-3H3,(H,14,19). The van der Waals surface area contributed by atoms with Crippen LogP contribution in [0.15, 0.2) is 23.1 Å².